The van der Waals surface area contributed by atoms with Gasteiger partial charge in [0.15, 0.2) is 0 Å². The van der Waals surface area contributed by atoms with Crippen LogP contribution in [0.5, 0.6) is 0 Å². The van der Waals surface area contributed by atoms with Crippen molar-refractivity contribution in [2.24, 2.45) is 5.92 Å². The zero-order valence-electron chi connectivity index (χ0n) is 7.66. The Morgan fingerprint density at radius 2 is 1.91 bits per heavy atom. The molecule has 0 aromatic rings. The van der Waals surface area contributed by atoms with Crippen LogP contribution < -0.4 is 0 Å². The first-order chi connectivity index (χ1) is 4.95. The van der Waals surface area contributed by atoms with Crippen molar-refractivity contribution in [1.82, 2.24) is 4.90 Å². The summed E-state index contributed by atoms with van der Waals surface area (Å²) in [6.45, 7) is 3.96. The molecule has 1 N–H and O–H groups in total. The maximum atomic E-state index is 11.1. The van der Waals surface area contributed by atoms with Crippen molar-refractivity contribution >= 4 is 5.91 Å². The second-order valence-electron chi connectivity index (χ2n) is 3.38. The molecule has 0 heterocycles. The Hall–Kier alpha value is -0.570. The van der Waals surface area contributed by atoms with Crippen LogP contribution in [0.25, 0.3) is 0 Å². The van der Waals surface area contributed by atoms with E-state index in [-0.39, 0.29) is 5.91 Å². The number of hydrogen-bond donors (Lipinski definition) is 1. The van der Waals surface area contributed by atoms with E-state index in [1.165, 1.54) is 4.90 Å². The lowest BCUT2D eigenvalue weighted by molar-refractivity contribution is -0.138. The summed E-state index contributed by atoms with van der Waals surface area (Å²) in [7, 11) is 3.29. The Morgan fingerprint density at radius 1 is 1.45 bits per heavy atom. The molecule has 0 fully saturated rings. The third kappa shape index (κ3) is 3.98. The van der Waals surface area contributed by atoms with Gasteiger partial charge >= 0.3 is 0 Å². The third-order valence-electron chi connectivity index (χ3n) is 1.42. The number of likely N-dealkylation sites (N-methyl/N-ethyl adjacent to an activating group) is 1. The molecule has 1 atom stereocenters. The van der Waals surface area contributed by atoms with Crippen molar-refractivity contribution in [1.29, 1.82) is 0 Å². The van der Waals surface area contributed by atoms with Crippen molar-refractivity contribution in [3.8, 4) is 0 Å². The minimum atomic E-state index is -0.829. The zero-order chi connectivity index (χ0) is 9.02. The molecule has 0 aliphatic rings. The van der Waals surface area contributed by atoms with Gasteiger partial charge in [0.25, 0.3) is 5.91 Å². The SMILES string of the molecule is CC(C)C[C@@H](O)C(=O)N(C)C. The van der Waals surface area contributed by atoms with Crippen LogP contribution in [0.3, 0.4) is 0 Å². The number of rotatable bonds is 3. The van der Waals surface area contributed by atoms with Gasteiger partial charge in [-0.15, -0.1) is 0 Å². The average molecular weight is 159 g/mol. The summed E-state index contributed by atoms with van der Waals surface area (Å²) in [6, 6.07) is 0. The molecule has 0 rings (SSSR count). The van der Waals surface area contributed by atoms with Gasteiger partial charge in [0, 0.05) is 14.1 Å². The molecule has 11 heavy (non-hydrogen) atoms. The second kappa shape index (κ2) is 4.34. The van der Waals surface area contributed by atoms with Crippen molar-refractivity contribution in [3.05, 3.63) is 0 Å². The number of hydrogen-bond acceptors (Lipinski definition) is 2. The normalized spacial score (nSPS) is 13.3. The van der Waals surface area contributed by atoms with Crippen molar-refractivity contribution in [3.63, 3.8) is 0 Å². The summed E-state index contributed by atoms with van der Waals surface area (Å²) in [4.78, 5) is 12.5. The molecule has 0 aromatic heterocycles. The minimum absolute atomic E-state index is 0.210. The Labute approximate surface area is 68.0 Å². The highest BCUT2D eigenvalue weighted by Crippen LogP contribution is 2.05. The molecule has 3 heteroatoms. The Morgan fingerprint density at radius 3 is 2.18 bits per heavy atom. The smallest absolute Gasteiger partial charge is 0.250 e. The monoisotopic (exact) mass is 159 g/mol. The van der Waals surface area contributed by atoms with E-state index >= 15 is 0 Å². The molecule has 0 saturated carbocycles. The van der Waals surface area contributed by atoms with E-state index < -0.39 is 6.10 Å². The summed E-state index contributed by atoms with van der Waals surface area (Å²) in [5, 5.41) is 9.27. The molecule has 0 unspecified atom stereocenters. The first kappa shape index (κ1) is 10.4. The lowest BCUT2D eigenvalue weighted by Crippen LogP contribution is -2.34. The van der Waals surface area contributed by atoms with Gasteiger partial charge in [0.1, 0.15) is 6.10 Å². The Balaban J connectivity index is 3.83. The van der Waals surface area contributed by atoms with E-state index in [9.17, 15) is 9.90 Å². The van der Waals surface area contributed by atoms with Gasteiger partial charge in [-0.2, -0.15) is 0 Å². The van der Waals surface area contributed by atoms with Crippen LogP contribution in [0.1, 0.15) is 20.3 Å². The van der Waals surface area contributed by atoms with Gasteiger partial charge in [-0.05, 0) is 12.3 Å². The lowest BCUT2D eigenvalue weighted by atomic mass is 10.1. The van der Waals surface area contributed by atoms with Crippen molar-refractivity contribution < 1.29 is 9.90 Å². The Bertz CT molecular complexity index is 132. The first-order valence-corrected chi connectivity index (χ1v) is 3.84. The predicted octanol–water partition coefficient (Wildman–Crippen LogP) is 0.482. The van der Waals surface area contributed by atoms with Crippen molar-refractivity contribution in [2.75, 3.05) is 14.1 Å². The van der Waals surface area contributed by atoms with Crippen LogP contribution in [0, 0.1) is 5.92 Å². The fourth-order valence-electron chi connectivity index (χ4n) is 0.845. The van der Waals surface area contributed by atoms with E-state index in [2.05, 4.69) is 0 Å². The van der Waals surface area contributed by atoms with Gasteiger partial charge in [-0.1, -0.05) is 13.8 Å². The number of nitrogens with zero attached hydrogens (tertiary/aromatic N) is 1. The molecule has 0 aliphatic heterocycles. The number of carbonyl (C=O) groups excluding carboxylic acids is 1. The molecule has 0 saturated heterocycles. The molecule has 0 spiro atoms. The standard InChI is InChI=1S/C8H17NO2/c1-6(2)5-7(10)8(11)9(3)4/h6-7,10H,5H2,1-4H3/t7-/m1/s1. The summed E-state index contributed by atoms with van der Waals surface area (Å²) in [6.07, 6.45) is -0.290. The number of amides is 1. The third-order valence-corrected chi connectivity index (χ3v) is 1.42. The highest BCUT2D eigenvalue weighted by Gasteiger charge is 2.17. The average Bonchev–Trinajstić information content (AvgIpc) is 1.84. The van der Waals surface area contributed by atoms with E-state index in [0.717, 1.165) is 0 Å². The van der Waals surface area contributed by atoms with Crippen LogP contribution in [0.15, 0.2) is 0 Å². The molecule has 3 nitrogen and oxygen atoms in total. The number of carbonyl (C=O) groups is 1. The summed E-state index contributed by atoms with van der Waals surface area (Å²) < 4.78 is 0. The largest absolute Gasteiger partial charge is 0.383 e. The molecular weight excluding hydrogens is 142 g/mol. The van der Waals surface area contributed by atoms with Crippen molar-refractivity contribution in [2.45, 2.75) is 26.4 Å². The van der Waals surface area contributed by atoms with Gasteiger partial charge in [0.2, 0.25) is 0 Å². The van der Waals surface area contributed by atoms with E-state index in [1.807, 2.05) is 13.8 Å². The summed E-state index contributed by atoms with van der Waals surface area (Å²) >= 11 is 0. The molecular formula is C8H17NO2. The molecule has 0 radical (unpaired) electrons. The van der Waals surface area contributed by atoms with Crippen LogP contribution in [-0.2, 0) is 4.79 Å². The quantitative estimate of drug-likeness (QED) is 0.650. The summed E-state index contributed by atoms with van der Waals surface area (Å²) in [5.41, 5.74) is 0. The van der Waals surface area contributed by atoms with E-state index in [1.54, 1.807) is 14.1 Å². The number of aliphatic hydroxyl groups is 1. The lowest BCUT2D eigenvalue weighted by Gasteiger charge is -2.16. The first-order valence-electron chi connectivity index (χ1n) is 3.84. The van der Waals surface area contributed by atoms with Gasteiger partial charge < -0.3 is 10.0 Å². The summed E-state index contributed by atoms with van der Waals surface area (Å²) in [5.74, 6) is 0.146. The van der Waals surface area contributed by atoms with E-state index in [4.69, 9.17) is 0 Å². The molecule has 0 aliphatic carbocycles. The maximum Gasteiger partial charge on any atom is 0.250 e. The predicted molar refractivity (Wildman–Crippen MR) is 44.2 cm³/mol. The Kier molecular flexibility index (Phi) is 4.11. The molecule has 66 valence electrons. The van der Waals surface area contributed by atoms with Gasteiger partial charge in [-0.25, -0.2) is 0 Å². The number of aliphatic hydroxyl groups excluding tert-OH is 1. The topological polar surface area (TPSA) is 40.5 Å². The molecule has 0 bridgehead atoms. The minimum Gasteiger partial charge on any atom is -0.383 e. The van der Waals surface area contributed by atoms with Gasteiger partial charge in [0.05, 0.1) is 0 Å². The van der Waals surface area contributed by atoms with Crippen LogP contribution in [0.2, 0.25) is 0 Å². The molecule has 0 aromatic carbocycles. The highest BCUT2D eigenvalue weighted by molar-refractivity contribution is 5.80. The fraction of sp³-hybridized carbons (Fsp3) is 0.875. The van der Waals surface area contributed by atoms with Gasteiger partial charge in [-0.3, -0.25) is 4.79 Å². The second-order valence-corrected chi connectivity index (χ2v) is 3.38. The maximum absolute atomic E-state index is 11.1. The highest BCUT2D eigenvalue weighted by atomic mass is 16.3. The fourth-order valence-corrected chi connectivity index (χ4v) is 0.845. The molecule has 1 amide bonds. The van der Waals surface area contributed by atoms with Crippen LogP contribution >= 0.6 is 0 Å². The zero-order valence-corrected chi connectivity index (χ0v) is 7.66. The van der Waals surface area contributed by atoms with Crippen LogP contribution in [-0.4, -0.2) is 36.1 Å². The van der Waals surface area contributed by atoms with E-state index in [0.29, 0.717) is 12.3 Å². The van der Waals surface area contributed by atoms with Crippen LogP contribution in [0.4, 0.5) is 0 Å².